The van der Waals surface area contributed by atoms with E-state index in [0.717, 1.165) is 12.8 Å². The maximum absolute atomic E-state index is 11.3. The van der Waals surface area contributed by atoms with E-state index in [1.54, 1.807) is 6.92 Å². The third-order valence-corrected chi connectivity index (χ3v) is 3.02. The molecule has 1 aromatic carbocycles. The number of alkyl halides is 1. The Bertz CT molecular complexity index is 359. The van der Waals surface area contributed by atoms with Gasteiger partial charge in [0.05, 0.1) is 13.0 Å². The van der Waals surface area contributed by atoms with Crippen LogP contribution in [0.2, 0.25) is 0 Å². The van der Waals surface area contributed by atoms with Gasteiger partial charge in [-0.25, -0.2) is 0 Å². The highest BCUT2D eigenvalue weighted by molar-refractivity contribution is 6.21. The van der Waals surface area contributed by atoms with E-state index in [0.29, 0.717) is 13.0 Å². The Hall–Kier alpha value is -1.02. The van der Waals surface area contributed by atoms with Gasteiger partial charge >= 0.3 is 5.97 Å². The molecule has 0 aliphatic rings. The Kier molecular flexibility index (Phi) is 6.81. The fraction of sp³-hybridized carbons (Fsp3) is 0.533. The number of hydrogen-bond acceptors (Lipinski definition) is 2. The van der Waals surface area contributed by atoms with Crippen LogP contribution in [0, 0.1) is 0 Å². The molecule has 0 heterocycles. The van der Waals surface area contributed by atoms with Crippen molar-refractivity contribution < 1.29 is 9.53 Å². The van der Waals surface area contributed by atoms with Crippen molar-refractivity contribution in [2.75, 3.05) is 6.61 Å². The van der Waals surface area contributed by atoms with Gasteiger partial charge in [0.1, 0.15) is 0 Å². The monoisotopic (exact) mass is 268 g/mol. The molecule has 18 heavy (non-hydrogen) atoms. The lowest BCUT2D eigenvalue weighted by atomic mass is 10.0. The first-order chi connectivity index (χ1) is 8.65. The second-order valence-electron chi connectivity index (χ2n) is 4.38. The molecule has 1 unspecified atom stereocenters. The average molecular weight is 269 g/mol. The molecule has 1 aromatic rings. The predicted octanol–water partition coefficient (Wildman–Crippen LogP) is 3.74. The van der Waals surface area contributed by atoms with Crippen LogP contribution < -0.4 is 0 Å². The van der Waals surface area contributed by atoms with E-state index in [-0.39, 0.29) is 17.8 Å². The van der Waals surface area contributed by atoms with E-state index >= 15 is 0 Å². The third kappa shape index (κ3) is 5.54. The largest absolute Gasteiger partial charge is 0.466 e. The summed E-state index contributed by atoms with van der Waals surface area (Å²) in [5.74, 6) is -0.222. The summed E-state index contributed by atoms with van der Waals surface area (Å²) >= 11 is 6.15. The Morgan fingerprint density at radius 1 is 1.22 bits per heavy atom. The van der Waals surface area contributed by atoms with Gasteiger partial charge in [-0.05, 0) is 30.9 Å². The van der Waals surface area contributed by atoms with Gasteiger partial charge in [-0.1, -0.05) is 37.6 Å². The van der Waals surface area contributed by atoms with Crippen molar-refractivity contribution in [1.82, 2.24) is 0 Å². The topological polar surface area (TPSA) is 26.3 Å². The van der Waals surface area contributed by atoms with Crippen LogP contribution in [-0.4, -0.2) is 18.0 Å². The Morgan fingerprint density at radius 2 is 1.83 bits per heavy atom. The van der Waals surface area contributed by atoms with Gasteiger partial charge in [0, 0.05) is 5.38 Å². The predicted molar refractivity (Wildman–Crippen MR) is 75.0 cm³/mol. The van der Waals surface area contributed by atoms with Crippen molar-refractivity contribution in [1.29, 1.82) is 0 Å². The first kappa shape index (κ1) is 15.0. The highest BCUT2D eigenvalue weighted by Gasteiger charge is 2.12. The quantitative estimate of drug-likeness (QED) is 0.556. The van der Waals surface area contributed by atoms with Gasteiger partial charge in [0.2, 0.25) is 0 Å². The summed E-state index contributed by atoms with van der Waals surface area (Å²) in [6, 6.07) is 8.44. The summed E-state index contributed by atoms with van der Waals surface area (Å²) in [6.07, 6.45) is 3.23. The lowest BCUT2D eigenvalue weighted by Crippen LogP contribution is -2.13. The van der Waals surface area contributed by atoms with Gasteiger partial charge < -0.3 is 4.74 Å². The summed E-state index contributed by atoms with van der Waals surface area (Å²) in [5, 5.41) is -0.193. The van der Waals surface area contributed by atoms with Crippen LogP contribution in [0.4, 0.5) is 0 Å². The summed E-state index contributed by atoms with van der Waals surface area (Å²) in [7, 11) is 0. The molecule has 1 rings (SSSR count). The number of halogens is 1. The van der Waals surface area contributed by atoms with Crippen LogP contribution in [0.25, 0.3) is 0 Å². The molecule has 0 saturated heterocycles. The zero-order chi connectivity index (χ0) is 13.4. The van der Waals surface area contributed by atoms with E-state index < -0.39 is 0 Å². The van der Waals surface area contributed by atoms with Crippen LogP contribution in [0.5, 0.6) is 0 Å². The molecule has 2 nitrogen and oxygen atoms in total. The molecule has 0 spiro atoms. The van der Waals surface area contributed by atoms with Crippen molar-refractivity contribution >= 4 is 17.6 Å². The van der Waals surface area contributed by atoms with Crippen LogP contribution in [0.1, 0.15) is 37.8 Å². The van der Waals surface area contributed by atoms with Gasteiger partial charge in [0.25, 0.3) is 0 Å². The van der Waals surface area contributed by atoms with Crippen molar-refractivity contribution in [3.63, 3.8) is 0 Å². The summed E-state index contributed by atoms with van der Waals surface area (Å²) in [4.78, 5) is 11.3. The molecule has 100 valence electrons. The number of ether oxygens (including phenoxy) is 1. The maximum atomic E-state index is 11.3. The van der Waals surface area contributed by atoms with E-state index in [9.17, 15) is 4.79 Å². The number of carbonyl (C=O) groups excluding carboxylic acids is 1. The molecule has 0 radical (unpaired) electrons. The Balaban J connectivity index is 2.43. The molecule has 0 fully saturated rings. The SMILES string of the molecule is CCCc1ccc(CC(Cl)CC(=O)OCC)cc1. The number of hydrogen-bond donors (Lipinski definition) is 0. The maximum Gasteiger partial charge on any atom is 0.307 e. The first-order valence-corrected chi connectivity index (χ1v) is 6.96. The van der Waals surface area contributed by atoms with Gasteiger partial charge in [-0.15, -0.1) is 11.6 Å². The van der Waals surface area contributed by atoms with Gasteiger partial charge in [-0.3, -0.25) is 4.79 Å². The van der Waals surface area contributed by atoms with Crippen molar-refractivity contribution in [2.45, 2.75) is 44.9 Å². The highest BCUT2D eigenvalue weighted by atomic mass is 35.5. The van der Waals surface area contributed by atoms with Crippen molar-refractivity contribution in [3.8, 4) is 0 Å². The smallest absolute Gasteiger partial charge is 0.307 e. The second kappa shape index (κ2) is 8.15. The molecular weight excluding hydrogens is 248 g/mol. The number of rotatable bonds is 7. The second-order valence-corrected chi connectivity index (χ2v) is 4.99. The van der Waals surface area contributed by atoms with E-state index in [1.165, 1.54) is 11.1 Å². The molecule has 0 N–H and O–H groups in total. The molecule has 0 bridgehead atoms. The highest BCUT2D eigenvalue weighted by Crippen LogP contribution is 2.14. The molecule has 0 aliphatic heterocycles. The Morgan fingerprint density at radius 3 is 2.39 bits per heavy atom. The standard InChI is InChI=1S/C15H21ClO2/c1-3-5-12-6-8-13(9-7-12)10-14(16)11-15(17)18-4-2/h6-9,14H,3-5,10-11H2,1-2H3. The van der Waals surface area contributed by atoms with Crippen LogP contribution in [0.15, 0.2) is 24.3 Å². The van der Waals surface area contributed by atoms with Crippen molar-refractivity contribution in [2.24, 2.45) is 0 Å². The van der Waals surface area contributed by atoms with E-state index in [4.69, 9.17) is 16.3 Å². The minimum atomic E-state index is -0.222. The van der Waals surface area contributed by atoms with E-state index in [1.807, 2.05) is 0 Å². The molecule has 0 saturated carbocycles. The summed E-state index contributed by atoms with van der Waals surface area (Å²) < 4.78 is 4.88. The number of carbonyl (C=O) groups is 1. The van der Waals surface area contributed by atoms with Crippen molar-refractivity contribution in [3.05, 3.63) is 35.4 Å². The molecule has 0 aliphatic carbocycles. The number of esters is 1. The van der Waals surface area contributed by atoms with E-state index in [2.05, 4.69) is 31.2 Å². The van der Waals surface area contributed by atoms with Crippen LogP contribution in [0.3, 0.4) is 0 Å². The lowest BCUT2D eigenvalue weighted by molar-refractivity contribution is -0.143. The first-order valence-electron chi connectivity index (χ1n) is 6.53. The normalized spacial score (nSPS) is 12.2. The number of benzene rings is 1. The third-order valence-electron chi connectivity index (χ3n) is 2.71. The molecule has 0 amide bonds. The van der Waals surface area contributed by atoms with Crippen LogP contribution >= 0.6 is 11.6 Å². The minimum absolute atomic E-state index is 0.193. The average Bonchev–Trinajstić information content (AvgIpc) is 2.32. The van der Waals surface area contributed by atoms with Crippen LogP contribution in [-0.2, 0) is 22.4 Å². The molecular formula is C15H21ClO2. The molecule has 0 aromatic heterocycles. The molecule has 1 atom stereocenters. The Labute approximate surface area is 114 Å². The molecule has 3 heteroatoms. The minimum Gasteiger partial charge on any atom is -0.466 e. The summed E-state index contributed by atoms with van der Waals surface area (Å²) in [5.41, 5.74) is 2.51. The van der Waals surface area contributed by atoms with Gasteiger partial charge in [-0.2, -0.15) is 0 Å². The zero-order valence-corrected chi connectivity index (χ0v) is 11.9. The lowest BCUT2D eigenvalue weighted by Gasteiger charge is -2.09. The number of aryl methyl sites for hydroxylation is 1. The fourth-order valence-corrected chi connectivity index (χ4v) is 2.16. The fourth-order valence-electron chi connectivity index (χ4n) is 1.86. The van der Waals surface area contributed by atoms with Gasteiger partial charge in [0.15, 0.2) is 0 Å². The zero-order valence-electron chi connectivity index (χ0n) is 11.1. The summed E-state index contributed by atoms with van der Waals surface area (Å²) in [6.45, 7) is 4.38.